The zero-order valence-corrected chi connectivity index (χ0v) is 11.4. The summed E-state index contributed by atoms with van der Waals surface area (Å²) < 4.78 is 0. The maximum absolute atomic E-state index is 6.58. The first kappa shape index (κ1) is 11.7. The summed E-state index contributed by atoms with van der Waals surface area (Å²) in [5.41, 5.74) is 7.78. The van der Waals surface area contributed by atoms with E-state index in [0.29, 0.717) is 0 Å². The highest BCUT2D eigenvalue weighted by Gasteiger charge is 2.36. The van der Waals surface area contributed by atoms with Crippen LogP contribution in [0.25, 0.3) is 0 Å². The van der Waals surface area contributed by atoms with E-state index in [4.69, 9.17) is 10.7 Å². The quantitative estimate of drug-likeness (QED) is 0.886. The number of rotatable bonds is 3. The summed E-state index contributed by atoms with van der Waals surface area (Å²) in [5.74, 6) is 1.66. The lowest BCUT2D eigenvalue weighted by Crippen LogP contribution is -2.40. The van der Waals surface area contributed by atoms with Gasteiger partial charge in [-0.3, -0.25) is 0 Å². The van der Waals surface area contributed by atoms with Crippen LogP contribution in [0.5, 0.6) is 0 Å². The van der Waals surface area contributed by atoms with E-state index in [-0.39, 0.29) is 5.54 Å². The highest BCUT2D eigenvalue weighted by molar-refractivity contribution is 7.09. The Morgan fingerprint density at radius 2 is 2.06 bits per heavy atom. The third-order valence-corrected chi connectivity index (χ3v) is 5.60. The summed E-state index contributed by atoms with van der Waals surface area (Å²) in [7, 11) is 0. The Bertz CT molecular complexity index is 387. The van der Waals surface area contributed by atoms with Gasteiger partial charge >= 0.3 is 0 Å². The first-order chi connectivity index (χ1) is 8.21. The van der Waals surface area contributed by atoms with Crippen LogP contribution >= 0.6 is 11.3 Å². The van der Waals surface area contributed by atoms with Crippen molar-refractivity contribution >= 4 is 11.3 Å². The maximum Gasteiger partial charge on any atom is 0.113 e. The molecule has 17 heavy (non-hydrogen) atoms. The second-order valence-electron chi connectivity index (χ2n) is 5.86. The highest BCUT2D eigenvalue weighted by Crippen LogP contribution is 2.44. The Kier molecular flexibility index (Phi) is 2.99. The van der Waals surface area contributed by atoms with Crippen LogP contribution < -0.4 is 5.73 Å². The van der Waals surface area contributed by atoms with Gasteiger partial charge in [0.15, 0.2) is 0 Å². The molecule has 0 spiro atoms. The fourth-order valence-corrected chi connectivity index (χ4v) is 3.97. The summed E-state index contributed by atoms with van der Waals surface area (Å²) in [5, 5.41) is 3.45. The van der Waals surface area contributed by atoms with E-state index >= 15 is 0 Å². The number of nitrogens with zero attached hydrogens (tertiary/aromatic N) is 1. The molecular formula is C14H22N2S. The summed E-state index contributed by atoms with van der Waals surface area (Å²) in [6.45, 7) is 2.29. The Labute approximate surface area is 108 Å². The molecule has 3 heteroatoms. The molecule has 0 bridgehead atoms. The molecule has 1 aromatic rings. The van der Waals surface area contributed by atoms with Crippen molar-refractivity contribution in [3.63, 3.8) is 0 Å². The van der Waals surface area contributed by atoms with E-state index in [1.54, 1.807) is 11.3 Å². The van der Waals surface area contributed by atoms with Crippen LogP contribution in [0.3, 0.4) is 0 Å². The molecule has 0 aliphatic heterocycles. The minimum atomic E-state index is -0.108. The normalized spacial score (nSPS) is 33.9. The van der Waals surface area contributed by atoms with Crippen LogP contribution in [-0.4, -0.2) is 4.98 Å². The number of nitrogens with two attached hydrogens (primary N) is 1. The van der Waals surface area contributed by atoms with Gasteiger partial charge in [0.25, 0.3) is 0 Å². The smallest absolute Gasteiger partial charge is 0.113 e. The summed E-state index contributed by atoms with van der Waals surface area (Å²) in [6, 6.07) is 0. The lowest BCUT2D eigenvalue weighted by Gasteiger charge is -2.35. The van der Waals surface area contributed by atoms with Gasteiger partial charge in [-0.25, -0.2) is 4.98 Å². The van der Waals surface area contributed by atoms with Crippen molar-refractivity contribution in [2.24, 2.45) is 11.7 Å². The monoisotopic (exact) mass is 250 g/mol. The predicted octanol–water partition coefficient (Wildman–Crippen LogP) is 3.77. The van der Waals surface area contributed by atoms with Gasteiger partial charge in [-0.15, -0.1) is 11.3 Å². The van der Waals surface area contributed by atoms with E-state index in [0.717, 1.165) is 24.7 Å². The van der Waals surface area contributed by atoms with Gasteiger partial charge in [0.05, 0.1) is 11.2 Å². The molecule has 2 saturated carbocycles. The second kappa shape index (κ2) is 4.36. The minimum Gasteiger partial charge on any atom is -0.319 e. The molecule has 1 aromatic heterocycles. The molecule has 0 unspecified atom stereocenters. The van der Waals surface area contributed by atoms with Crippen molar-refractivity contribution in [2.45, 2.75) is 63.3 Å². The number of aromatic nitrogens is 1. The van der Waals surface area contributed by atoms with Crippen LogP contribution in [0, 0.1) is 5.92 Å². The Hall–Kier alpha value is -0.410. The standard InChI is InChI=1S/C14H22N2S/c1-2-10-5-7-14(15,8-6-10)13-16-12(9-17-13)11-3-4-11/h9-11H,2-8,15H2,1H3. The van der Waals surface area contributed by atoms with E-state index in [2.05, 4.69) is 12.3 Å². The second-order valence-corrected chi connectivity index (χ2v) is 6.72. The Morgan fingerprint density at radius 3 is 2.65 bits per heavy atom. The van der Waals surface area contributed by atoms with Gasteiger partial charge in [0.2, 0.25) is 0 Å². The highest BCUT2D eigenvalue weighted by atomic mass is 32.1. The number of hydrogen-bond acceptors (Lipinski definition) is 3. The average Bonchev–Trinajstić information content (AvgIpc) is 3.08. The van der Waals surface area contributed by atoms with Gasteiger partial charge < -0.3 is 5.73 Å². The largest absolute Gasteiger partial charge is 0.319 e. The van der Waals surface area contributed by atoms with Crippen molar-refractivity contribution in [3.05, 3.63) is 16.1 Å². The predicted molar refractivity (Wildman–Crippen MR) is 72.2 cm³/mol. The minimum absolute atomic E-state index is 0.108. The lowest BCUT2D eigenvalue weighted by atomic mass is 9.76. The van der Waals surface area contributed by atoms with Crippen molar-refractivity contribution in [1.29, 1.82) is 0 Å². The molecule has 0 saturated heterocycles. The average molecular weight is 250 g/mol. The zero-order chi connectivity index (χ0) is 11.9. The van der Waals surface area contributed by atoms with Gasteiger partial charge in [0.1, 0.15) is 5.01 Å². The third-order valence-electron chi connectivity index (χ3n) is 4.52. The molecule has 0 aromatic carbocycles. The van der Waals surface area contributed by atoms with E-state index in [1.165, 1.54) is 42.8 Å². The van der Waals surface area contributed by atoms with Crippen molar-refractivity contribution in [3.8, 4) is 0 Å². The molecule has 2 nitrogen and oxygen atoms in total. The van der Waals surface area contributed by atoms with Crippen LogP contribution in [-0.2, 0) is 5.54 Å². The molecule has 2 aliphatic carbocycles. The third kappa shape index (κ3) is 2.27. The molecule has 2 aliphatic rings. The van der Waals surface area contributed by atoms with E-state index < -0.39 is 0 Å². The summed E-state index contributed by atoms with van der Waals surface area (Å²) in [4.78, 5) is 4.81. The zero-order valence-electron chi connectivity index (χ0n) is 10.6. The van der Waals surface area contributed by atoms with Crippen LogP contribution in [0.1, 0.15) is 68.5 Å². The van der Waals surface area contributed by atoms with E-state index in [1.807, 2.05) is 0 Å². The van der Waals surface area contributed by atoms with Gasteiger partial charge in [-0.1, -0.05) is 13.3 Å². The summed E-state index contributed by atoms with van der Waals surface area (Å²) in [6.07, 6.45) is 8.79. The van der Waals surface area contributed by atoms with Crippen LogP contribution in [0.15, 0.2) is 5.38 Å². The fraction of sp³-hybridized carbons (Fsp3) is 0.786. The molecule has 0 atom stereocenters. The molecule has 2 N–H and O–H groups in total. The Balaban J connectivity index is 1.73. The molecule has 0 amide bonds. The first-order valence-corrected chi connectivity index (χ1v) is 7.84. The van der Waals surface area contributed by atoms with Gasteiger partial charge in [-0.2, -0.15) is 0 Å². The van der Waals surface area contributed by atoms with Crippen molar-refractivity contribution in [1.82, 2.24) is 4.98 Å². The SMILES string of the molecule is CCC1CCC(N)(c2nc(C3CC3)cs2)CC1. The van der Waals surface area contributed by atoms with E-state index in [9.17, 15) is 0 Å². The number of hydrogen-bond donors (Lipinski definition) is 1. The molecule has 1 heterocycles. The topological polar surface area (TPSA) is 38.9 Å². The molecule has 0 radical (unpaired) electrons. The molecule has 3 rings (SSSR count). The maximum atomic E-state index is 6.58. The number of thiazole rings is 1. The van der Waals surface area contributed by atoms with Crippen molar-refractivity contribution in [2.75, 3.05) is 0 Å². The molecule has 94 valence electrons. The molecular weight excluding hydrogens is 228 g/mol. The fourth-order valence-electron chi connectivity index (χ4n) is 2.90. The molecule has 2 fully saturated rings. The Morgan fingerprint density at radius 1 is 1.35 bits per heavy atom. The lowest BCUT2D eigenvalue weighted by molar-refractivity contribution is 0.231. The van der Waals surface area contributed by atoms with Gasteiger partial charge in [-0.05, 0) is 44.4 Å². The van der Waals surface area contributed by atoms with Crippen LogP contribution in [0.2, 0.25) is 0 Å². The van der Waals surface area contributed by atoms with Crippen LogP contribution in [0.4, 0.5) is 0 Å². The summed E-state index contributed by atoms with van der Waals surface area (Å²) >= 11 is 1.80. The van der Waals surface area contributed by atoms with Crippen molar-refractivity contribution < 1.29 is 0 Å². The first-order valence-electron chi connectivity index (χ1n) is 6.96. The van der Waals surface area contributed by atoms with Gasteiger partial charge in [0, 0.05) is 11.3 Å².